The van der Waals surface area contributed by atoms with Crippen LogP contribution < -0.4 is 0 Å². The van der Waals surface area contributed by atoms with Crippen LogP contribution in [0.1, 0.15) is 15.9 Å². The molecule has 3 rings (SSSR count). The number of para-hydroxylation sites is 1. The summed E-state index contributed by atoms with van der Waals surface area (Å²) in [4.78, 5) is 28.1. The number of carbonyl (C=O) groups excluding carboxylic acids is 2. The highest BCUT2D eigenvalue weighted by molar-refractivity contribution is 6.04. The molecule has 0 saturated carbocycles. The predicted octanol–water partition coefficient (Wildman–Crippen LogP) is 3.92. The van der Waals surface area contributed by atoms with Gasteiger partial charge in [-0.25, -0.2) is 4.79 Å². The van der Waals surface area contributed by atoms with Crippen molar-refractivity contribution in [2.45, 2.75) is 12.7 Å². The number of carbonyl (C=O) groups is 2. The fraction of sp³-hybridized carbons (Fsp3) is 0.200. The van der Waals surface area contributed by atoms with Gasteiger partial charge in [0.1, 0.15) is 6.54 Å². The molecule has 0 aliphatic carbocycles. The number of rotatable bonds is 6. The molecule has 2 aromatic carbocycles. The van der Waals surface area contributed by atoms with E-state index in [1.54, 1.807) is 54.6 Å². The molecule has 0 unspecified atom stereocenters. The number of alkyl halides is 3. The number of amides is 1. The van der Waals surface area contributed by atoms with Gasteiger partial charge in [-0.1, -0.05) is 48.5 Å². The van der Waals surface area contributed by atoms with Crippen molar-refractivity contribution in [1.29, 1.82) is 0 Å². The minimum absolute atomic E-state index is 0.217. The Kier molecular flexibility index (Phi) is 5.67. The summed E-state index contributed by atoms with van der Waals surface area (Å²) in [6.45, 7) is -2.43. The van der Waals surface area contributed by atoms with Crippen LogP contribution in [0.3, 0.4) is 0 Å². The number of nitrogens with one attached hydrogen (secondary N) is 1. The minimum atomic E-state index is -4.56. The number of aromatic nitrogens is 1. The van der Waals surface area contributed by atoms with Crippen molar-refractivity contribution < 1.29 is 27.5 Å². The molecule has 28 heavy (non-hydrogen) atoms. The number of esters is 1. The van der Waals surface area contributed by atoms with Crippen molar-refractivity contribution in [3.05, 3.63) is 71.9 Å². The Balaban J connectivity index is 1.68. The van der Waals surface area contributed by atoms with E-state index in [9.17, 15) is 22.8 Å². The summed E-state index contributed by atoms with van der Waals surface area (Å²) in [5.74, 6) is -1.70. The summed E-state index contributed by atoms with van der Waals surface area (Å²) in [7, 11) is 0. The third-order valence-electron chi connectivity index (χ3n) is 4.08. The zero-order chi connectivity index (χ0) is 20.1. The number of H-pyrrole nitrogens is 1. The first-order valence-electron chi connectivity index (χ1n) is 8.45. The number of halogens is 3. The van der Waals surface area contributed by atoms with Gasteiger partial charge in [-0.2, -0.15) is 13.2 Å². The second kappa shape index (κ2) is 8.16. The number of hydrogen-bond acceptors (Lipinski definition) is 3. The quantitative estimate of drug-likeness (QED) is 0.649. The molecule has 0 fully saturated rings. The van der Waals surface area contributed by atoms with Gasteiger partial charge in [0, 0.05) is 23.6 Å². The van der Waals surface area contributed by atoms with E-state index in [-0.39, 0.29) is 12.1 Å². The molecule has 1 amide bonds. The molecule has 0 atom stereocenters. The van der Waals surface area contributed by atoms with Crippen molar-refractivity contribution >= 4 is 22.8 Å². The lowest BCUT2D eigenvalue weighted by Gasteiger charge is -2.24. The van der Waals surface area contributed by atoms with Crippen molar-refractivity contribution in [3.8, 4) is 0 Å². The van der Waals surface area contributed by atoms with Crippen LogP contribution in [0, 0.1) is 0 Å². The Morgan fingerprint density at radius 2 is 1.68 bits per heavy atom. The highest BCUT2D eigenvalue weighted by Gasteiger charge is 2.33. The topological polar surface area (TPSA) is 62.4 Å². The summed E-state index contributed by atoms with van der Waals surface area (Å²) in [6.07, 6.45) is -3.12. The number of aromatic amines is 1. The molecule has 8 heteroatoms. The molecule has 3 aromatic rings. The molecule has 0 spiro atoms. The van der Waals surface area contributed by atoms with Gasteiger partial charge in [0.15, 0.2) is 6.61 Å². The summed E-state index contributed by atoms with van der Waals surface area (Å²) in [6, 6.07) is 15.3. The summed E-state index contributed by atoms with van der Waals surface area (Å²) in [5.41, 5.74) is 1.47. The zero-order valence-electron chi connectivity index (χ0n) is 14.7. The van der Waals surface area contributed by atoms with Gasteiger partial charge in [-0.05, 0) is 11.6 Å². The lowest BCUT2D eigenvalue weighted by Crippen LogP contribution is -2.40. The van der Waals surface area contributed by atoms with Crippen molar-refractivity contribution in [3.63, 3.8) is 0 Å². The molecule has 146 valence electrons. The summed E-state index contributed by atoms with van der Waals surface area (Å²) < 4.78 is 43.6. The van der Waals surface area contributed by atoms with Crippen LogP contribution in [0.2, 0.25) is 0 Å². The van der Waals surface area contributed by atoms with Crippen LogP contribution in [0.15, 0.2) is 60.8 Å². The van der Waals surface area contributed by atoms with Gasteiger partial charge in [0.2, 0.25) is 0 Å². The third-order valence-corrected chi connectivity index (χ3v) is 4.08. The van der Waals surface area contributed by atoms with Crippen LogP contribution in [-0.2, 0) is 16.1 Å². The number of ether oxygens (including phenoxy) is 1. The molecule has 1 aromatic heterocycles. The Morgan fingerprint density at radius 1 is 1.00 bits per heavy atom. The predicted molar refractivity (Wildman–Crippen MR) is 96.5 cm³/mol. The Bertz CT molecular complexity index is 967. The molecule has 1 heterocycles. The first kappa shape index (κ1) is 19.5. The maximum Gasteiger partial charge on any atom is 0.406 e. The van der Waals surface area contributed by atoms with Gasteiger partial charge >= 0.3 is 12.1 Å². The number of benzene rings is 2. The van der Waals surface area contributed by atoms with E-state index >= 15 is 0 Å². The third kappa shape index (κ3) is 4.91. The Hall–Kier alpha value is -3.29. The highest BCUT2D eigenvalue weighted by atomic mass is 19.4. The van der Waals surface area contributed by atoms with E-state index in [2.05, 4.69) is 4.98 Å². The molecule has 0 saturated heterocycles. The van der Waals surface area contributed by atoms with Gasteiger partial charge in [0.05, 0.1) is 5.56 Å². The van der Waals surface area contributed by atoms with E-state index in [4.69, 9.17) is 4.74 Å². The average Bonchev–Trinajstić information content (AvgIpc) is 3.09. The molecular weight excluding hydrogens is 373 g/mol. The van der Waals surface area contributed by atoms with E-state index in [1.807, 2.05) is 0 Å². The molecule has 5 nitrogen and oxygen atoms in total. The largest absolute Gasteiger partial charge is 0.452 e. The lowest BCUT2D eigenvalue weighted by atomic mass is 10.2. The second-order valence-electron chi connectivity index (χ2n) is 6.17. The summed E-state index contributed by atoms with van der Waals surface area (Å²) in [5, 5.41) is 0.608. The normalized spacial score (nSPS) is 11.4. The number of hydrogen-bond donors (Lipinski definition) is 1. The van der Waals surface area contributed by atoms with E-state index in [1.165, 1.54) is 6.20 Å². The molecule has 0 aliphatic heterocycles. The number of fused-ring (bicyclic) bond motifs is 1. The highest BCUT2D eigenvalue weighted by Crippen LogP contribution is 2.20. The Morgan fingerprint density at radius 3 is 2.39 bits per heavy atom. The van der Waals surface area contributed by atoms with Crippen LogP contribution in [0.5, 0.6) is 0 Å². The van der Waals surface area contributed by atoms with Crippen LogP contribution >= 0.6 is 0 Å². The first-order chi connectivity index (χ1) is 13.3. The first-order valence-corrected chi connectivity index (χ1v) is 8.45. The van der Waals surface area contributed by atoms with Crippen LogP contribution in [0.4, 0.5) is 13.2 Å². The minimum Gasteiger partial charge on any atom is -0.452 e. The van der Waals surface area contributed by atoms with Gasteiger partial charge < -0.3 is 14.6 Å². The van der Waals surface area contributed by atoms with E-state index in [0.717, 1.165) is 0 Å². The van der Waals surface area contributed by atoms with Crippen LogP contribution in [0.25, 0.3) is 10.9 Å². The maximum atomic E-state index is 12.9. The monoisotopic (exact) mass is 390 g/mol. The SMILES string of the molecule is O=C(OCC(=O)N(Cc1ccccc1)CC(F)(F)F)c1c[nH]c2ccccc12. The summed E-state index contributed by atoms with van der Waals surface area (Å²) >= 11 is 0. The second-order valence-corrected chi connectivity index (χ2v) is 6.17. The van der Waals surface area contributed by atoms with Crippen molar-refractivity contribution in [2.24, 2.45) is 0 Å². The van der Waals surface area contributed by atoms with Crippen molar-refractivity contribution in [2.75, 3.05) is 13.2 Å². The fourth-order valence-electron chi connectivity index (χ4n) is 2.79. The Labute approximate surface area is 158 Å². The molecular formula is C20H17F3N2O3. The van der Waals surface area contributed by atoms with E-state index in [0.29, 0.717) is 21.4 Å². The number of nitrogens with zero attached hydrogens (tertiary/aromatic N) is 1. The zero-order valence-corrected chi connectivity index (χ0v) is 14.7. The maximum absolute atomic E-state index is 12.9. The smallest absolute Gasteiger partial charge is 0.406 e. The fourth-order valence-corrected chi connectivity index (χ4v) is 2.79. The van der Waals surface area contributed by atoms with E-state index < -0.39 is 31.2 Å². The lowest BCUT2D eigenvalue weighted by molar-refractivity contribution is -0.164. The van der Waals surface area contributed by atoms with Gasteiger partial charge in [0.25, 0.3) is 5.91 Å². The average molecular weight is 390 g/mol. The van der Waals surface area contributed by atoms with Crippen molar-refractivity contribution in [1.82, 2.24) is 9.88 Å². The molecule has 0 radical (unpaired) electrons. The van der Waals surface area contributed by atoms with Gasteiger partial charge in [-0.15, -0.1) is 0 Å². The van der Waals surface area contributed by atoms with Crippen LogP contribution in [-0.4, -0.2) is 41.1 Å². The molecule has 0 bridgehead atoms. The molecule has 1 N–H and O–H groups in total. The standard InChI is InChI=1S/C20H17F3N2O3/c21-20(22,23)13-25(11-14-6-2-1-3-7-14)18(26)12-28-19(27)16-10-24-17-9-5-4-8-15(16)17/h1-10,24H,11-13H2. The van der Waals surface area contributed by atoms with Gasteiger partial charge in [-0.3, -0.25) is 4.79 Å². The molecule has 0 aliphatic rings.